The van der Waals surface area contributed by atoms with Crippen molar-refractivity contribution >= 4 is 53.4 Å². The maximum absolute atomic E-state index is 4.72. The fraction of sp³-hybridized carbons (Fsp3) is 0.462. The van der Waals surface area contributed by atoms with Gasteiger partial charge in [-0.2, -0.15) is 0 Å². The number of alkyl halides is 2. The van der Waals surface area contributed by atoms with E-state index in [0.717, 1.165) is 29.0 Å². The Balaban J connectivity index is 2.28. The third-order valence-electron chi connectivity index (χ3n) is 3.18. The molecule has 1 aromatic carbocycles. The molecule has 0 fully saturated rings. The lowest BCUT2D eigenvalue weighted by molar-refractivity contribution is 0.373. The summed E-state index contributed by atoms with van der Waals surface area (Å²) in [5.41, 5.74) is 1.41. The average molecular weight is 377 g/mol. The molecule has 1 aromatic heterocycles. The molecule has 0 amide bonds. The molecule has 0 spiro atoms. The number of hydrogen-bond acceptors (Lipinski definition) is 2. The first-order valence-electron chi connectivity index (χ1n) is 5.69. The second kappa shape index (κ2) is 5.81. The Kier molecular flexibility index (Phi) is 4.61. The van der Waals surface area contributed by atoms with Crippen molar-refractivity contribution in [2.75, 3.05) is 10.7 Å². The molecule has 0 aliphatic heterocycles. The van der Waals surface area contributed by atoms with Crippen LogP contribution in [0.15, 0.2) is 24.3 Å². The van der Waals surface area contributed by atoms with Gasteiger partial charge in [-0.05, 0) is 24.0 Å². The van der Waals surface area contributed by atoms with Crippen LogP contribution >= 0.6 is 43.2 Å². The monoisotopic (exact) mass is 375 g/mol. The van der Waals surface area contributed by atoms with Crippen molar-refractivity contribution in [3.8, 4) is 0 Å². The summed E-state index contributed by atoms with van der Waals surface area (Å²) >= 11 is 9.10. The molecule has 0 atom stereocenters. The van der Waals surface area contributed by atoms with Crippen LogP contribution < -0.4 is 0 Å². The highest BCUT2D eigenvalue weighted by Crippen LogP contribution is 2.34. The van der Waals surface area contributed by atoms with Gasteiger partial charge in [0.2, 0.25) is 0 Å². The van der Waals surface area contributed by atoms with E-state index < -0.39 is 0 Å². The molecule has 1 heterocycles. The molecule has 0 saturated heterocycles. The fourth-order valence-corrected chi connectivity index (χ4v) is 5.02. The minimum atomic E-state index is 0.286. The van der Waals surface area contributed by atoms with Gasteiger partial charge < -0.3 is 0 Å². The number of halogens is 2. The highest BCUT2D eigenvalue weighted by atomic mass is 79.9. The molecular weight excluding hydrogens is 362 g/mol. The standard InChI is InChI=1S/C13H15Br2NS/c1-2-13(8-14,9-15)7-12-16-10-5-3-4-6-11(10)17-12/h3-6H,2,7-9H2,1H3. The first-order valence-corrected chi connectivity index (χ1v) is 8.75. The zero-order valence-corrected chi connectivity index (χ0v) is 13.7. The number of aromatic nitrogens is 1. The van der Waals surface area contributed by atoms with Crippen molar-refractivity contribution in [2.24, 2.45) is 5.41 Å². The summed E-state index contributed by atoms with van der Waals surface area (Å²) in [7, 11) is 0. The van der Waals surface area contributed by atoms with Crippen LogP contribution in [0.3, 0.4) is 0 Å². The molecule has 0 radical (unpaired) electrons. The zero-order chi connectivity index (χ0) is 12.3. The molecule has 0 unspecified atom stereocenters. The van der Waals surface area contributed by atoms with Crippen molar-refractivity contribution in [2.45, 2.75) is 19.8 Å². The molecule has 2 aromatic rings. The van der Waals surface area contributed by atoms with Crippen LogP contribution in [0, 0.1) is 5.41 Å². The Hall–Kier alpha value is 0.0700. The Morgan fingerprint density at radius 2 is 1.94 bits per heavy atom. The molecule has 0 bridgehead atoms. The lowest BCUT2D eigenvalue weighted by Crippen LogP contribution is -2.26. The lowest BCUT2D eigenvalue weighted by Gasteiger charge is -2.27. The van der Waals surface area contributed by atoms with Crippen LogP contribution in [0.4, 0.5) is 0 Å². The third kappa shape index (κ3) is 2.91. The first kappa shape index (κ1) is 13.5. The smallest absolute Gasteiger partial charge is 0.0944 e. The van der Waals surface area contributed by atoms with Gasteiger partial charge in [0.25, 0.3) is 0 Å². The van der Waals surface area contributed by atoms with E-state index in [1.165, 1.54) is 9.71 Å². The summed E-state index contributed by atoms with van der Waals surface area (Å²) in [6.45, 7) is 2.25. The van der Waals surface area contributed by atoms with Gasteiger partial charge in [0.15, 0.2) is 0 Å². The number of thiazole rings is 1. The van der Waals surface area contributed by atoms with Crippen LogP contribution in [-0.4, -0.2) is 15.6 Å². The number of rotatable bonds is 5. The summed E-state index contributed by atoms with van der Waals surface area (Å²) in [6.07, 6.45) is 2.19. The first-order chi connectivity index (χ1) is 8.23. The van der Waals surface area contributed by atoms with Gasteiger partial charge >= 0.3 is 0 Å². The molecular formula is C13H15Br2NS. The van der Waals surface area contributed by atoms with Gasteiger partial charge in [-0.15, -0.1) is 11.3 Å². The van der Waals surface area contributed by atoms with E-state index in [2.05, 4.69) is 57.0 Å². The quantitative estimate of drug-likeness (QED) is 0.667. The SMILES string of the molecule is CCC(CBr)(CBr)Cc1nc2ccccc2s1. The highest BCUT2D eigenvalue weighted by molar-refractivity contribution is 9.09. The number of benzene rings is 1. The van der Waals surface area contributed by atoms with Crippen LogP contribution in [0.2, 0.25) is 0 Å². The highest BCUT2D eigenvalue weighted by Gasteiger charge is 2.27. The molecule has 0 aliphatic rings. The summed E-state index contributed by atoms with van der Waals surface area (Å²) in [5, 5.41) is 3.27. The van der Waals surface area contributed by atoms with Gasteiger partial charge in [0.05, 0.1) is 15.2 Å². The maximum Gasteiger partial charge on any atom is 0.0944 e. The number of nitrogens with zero attached hydrogens (tertiary/aromatic N) is 1. The Morgan fingerprint density at radius 1 is 1.24 bits per heavy atom. The van der Waals surface area contributed by atoms with Crippen molar-refractivity contribution in [3.63, 3.8) is 0 Å². The Labute approximate surface area is 123 Å². The average Bonchev–Trinajstić information content (AvgIpc) is 2.78. The minimum Gasteiger partial charge on any atom is -0.241 e. The van der Waals surface area contributed by atoms with Gasteiger partial charge in [-0.3, -0.25) is 0 Å². The van der Waals surface area contributed by atoms with Gasteiger partial charge in [-0.25, -0.2) is 4.98 Å². The molecule has 4 heteroatoms. The number of para-hydroxylation sites is 1. The largest absolute Gasteiger partial charge is 0.241 e. The van der Waals surface area contributed by atoms with E-state index in [-0.39, 0.29) is 5.41 Å². The minimum absolute atomic E-state index is 0.286. The van der Waals surface area contributed by atoms with Crippen LogP contribution in [-0.2, 0) is 6.42 Å². The number of fused-ring (bicyclic) bond motifs is 1. The summed E-state index contributed by atoms with van der Waals surface area (Å²) in [4.78, 5) is 4.72. The second-order valence-electron chi connectivity index (χ2n) is 4.37. The van der Waals surface area contributed by atoms with Crippen molar-refractivity contribution in [1.82, 2.24) is 4.98 Å². The Morgan fingerprint density at radius 3 is 2.53 bits per heavy atom. The van der Waals surface area contributed by atoms with E-state index in [0.29, 0.717) is 0 Å². The second-order valence-corrected chi connectivity index (χ2v) is 6.61. The van der Waals surface area contributed by atoms with Gasteiger partial charge in [0.1, 0.15) is 0 Å². The summed E-state index contributed by atoms with van der Waals surface area (Å²) in [5.74, 6) is 0. The topological polar surface area (TPSA) is 12.9 Å². The molecule has 92 valence electrons. The van der Waals surface area contributed by atoms with Crippen LogP contribution in [0.1, 0.15) is 18.4 Å². The molecule has 2 rings (SSSR count). The summed E-state index contributed by atoms with van der Waals surface area (Å²) in [6, 6.07) is 8.36. The predicted molar refractivity (Wildman–Crippen MR) is 83.6 cm³/mol. The van der Waals surface area contributed by atoms with Gasteiger partial charge in [0, 0.05) is 17.1 Å². The fourth-order valence-electron chi connectivity index (χ4n) is 1.76. The predicted octanol–water partition coefficient (Wildman–Crippen LogP) is 5.03. The lowest BCUT2D eigenvalue weighted by atomic mass is 9.87. The van der Waals surface area contributed by atoms with E-state index in [9.17, 15) is 0 Å². The van der Waals surface area contributed by atoms with Crippen LogP contribution in [0.25, 0.3) is 10.2 Å². The van der Waals surface area contributed by atoms with Crippen molar-refractivity contribution in [3.05, 3.63) is 29.3 Å². The number of hydrogen-bond donors (Lipinski definition) is 0. The van der Waals surface area contributed by atoms with Crippen molar-refractivity contribution in [1.29, 1.82) is 0 Å². The molecule has 0 aliphatic carbocycles. The normalized spacial score (nSPS) is 12.2. The molecule has 0 saturated carbocycles. The zero-order valence-electron chi connectivity index (χ0n) is 9.75. The molecule has 17 heavy (non-hydrogen) atoms. The molecule has 0 N–H and O–H groups in total. The van der Waals surface area contributed by atoms with Gasteiger partial charge in [-0.1, -0.05) is 50.9 Å². The molecule has 1 nitrogen and oxygen atoms in total. The summed E-state index contributed by atoms with van der Waals surface area (Å²) < 4.78 is 1.29. The van der Waals surface area contributed by atoms with Crippen molar-refractivity contribution < 1.29 is 0 Å². The van der Waals surface area contributed by atoms with E-state index in [1.807, 2.05) is 17.4 Å². The van der Waals surface area contributed by atoms with E-state index >= 15 is 0 Å². The maximum atomic E-state index is 4.72. The van der Waals surface area contributed by atoms with E-state index in [4.69, 9.17) is 4.98 Å². The van der Waals surface area contributed by atoms with Crippen LogP contribution in [0.5, 0.6) is 0 Å². The third-order valence-corrected chi connectivity index (χ3v) is 6.60. The van der Waals surface area contributed by atoms with E-state index in [1.54, 1.807) is 0 Å². The Bertz CT molecular complexity index is 450.